The quantitative estimate of drug-likeness (QED) is 0.804. The number of aromatic nitrogens is 1. The Morgan fingerprint density at radius 2 is 2.18 bits per heavy atom. The number of rotatable bonds is 6. The average Bonchev–Trinajstić information content (AvgIpc) is 3.02. The van der Waals surface area contributed by atoms with Crippen LogP contribution < -0.4 is 0 Å². The Bertz CT molecular complexity index is 533. The minimum atomic E-state index is 0.0784. The summed E-state index contributed by atoms with van der Waals surface area (Å²) < 4.78 is 5.17. The lowest BCUT2D eigenvalue weighted by molar-refractivity contribution is -0.132. The summed E-state index contributed by atoms with van der Waals surface area (Å²) in [7, 11) is 1.79. The van der Waals surface area contributed by atoms with E-state index in [4.69, 9.17) is 4.52 Å². The second kappa shape index (κ2) is 6.94. The molecule has 1 fully saturated rings. The molecule has 2 heterocycles. The highest BCUT2D eigenvalue weighted by Gasteiger charge is 2.23. The van der Waals surface area contributed by atoms with Crippen LogP contribution in [0.2, 0.25) is 0 Å². The van der Waals surface area contributed by atoms with Gasteiger partial charge in [0.15, 0.2) is 0 Å². The van der Waals surface area contributed by atoms with Gasteiger partial charge < -0.3 is 14.3 Å². The molecular weight excluding hydrogens is 282 g/mol. The summed E-state index contributed by atoms with van der Waals surface area (Å²) in [6.07, 6.45) is 1.99. The zero-order valence-electron chi connectivity index (χ0n) is 13.9. The first-order valence-corrected chi connectivity index (χ1v) is 7.84. The second-order valence-electron chi connectivity index (χ2n) is 6.14. The Morgan fingerprint density at radius 3 is 2.73 bits per heavy atom. The van der Waals surface area contributed by atoms with Gasteiger partial charge in [-0.05, 0) is 26.2 Å². The molecule has 122 valence electrons. The van der Waals surface area contributed by atoms with Crippen molar-refractivity contribution < 1.29 is 14.1 Å². The van der Waals surface area contributed by atoms with Crippen molar-refractivity contribution in [3.8, 4) is 0 Å². The third-order valence-corrected chi connectivity index (χ3v) is 4.36. The van der Waals surface area contributed by atoms with Gasteiger partial charge in [-0.3, -0.25) is 9.59 Å². The zero-order valence-corrected chi connectivity index (χ0v) is 13.9. The molecule has 0 N–H and O–H groups in total. The van der Waals surface area contributed by atoms with Crippen molar-refractivity contribution >= 4 is 11.8 Å². The van der Waals surface area contributed by atoms with Gasteiger partial charge in [-0.15, -0.1) is 0 Å². The zero-order chi connectivity index (χ0) is 16.3. The molecule has 1 aromatic rings. The molecule has 0 bridgehead atoms. The third kappa shape index (κ3) is 3.67. The number of amides is 2. The van der Waals surface area contributed by atoms with Gasteiger partial charge in [-0.1, -0.05) is 12.1 Å². The predicted molar refractivity (Wildman–Crippen MR) is 82.5 cm³/mol. The van der Waals surface area contributed by atoms with Crippen LogP contribution in [0, 0.1) is 13.8 Å². The fraction of sp³-hybridized carbons (Fsp3) is 0.688. The molecule has 0 spiro atoms. The summed E-state index contributed by atoms with van der Waals surface area (Å²) in [5.41, 5.74) is 1.87. The van der Waals surface area contributed by atoms with E-state index in [0.29, 0.717) is 25.9 Å². The van der Waals surface area contributed by atoms with Crippen LogP contribution in [0.5, 0.6) is 0 Å². The molecule has 0 aromatic carbocycles. The monoisotopic (exact) mass is 307 g/mol. The Kier molecular flexibility index (Phi) is 5.21. The van der Waals surface area contributed by atoms with Crippen molar-refractivity contribution in [2.45, 2.75) is 46.0 Å². The summed E-state index contributed by atoms with van der Waals surface area (Å²) >= 11 is 0. The number of hydrogen-bond acceptors (Lipinski definition) is 4. The molecular formula is C16H25N3O3. The van der Waals surface area contributed by atoms with E-state index < -0.39 is 0 Å². The number of likely N-dealkylation sites (tertiary alicyclic amines) is 1. The van der Waals surface area contributed by atoms with E-state index in [1.807, 2.05) is 25.7 Å². The minimum absolute atomic E-state index is 0.0784. The SMILES string of the molecule is Cc1noc(C)c1C(C)CC(=O)N(C)CCN1CCCC1=O. The molecule has 2 amide bonds. The smallest absolute Gasteiger partial charge is 0.222 e. The fourth-order valence-electron chi connectivity index (χ4n) is 3.05. The summed E-state index contributed by atoms with van der Waals surface area (Å²) in [5, 5.41) is 3.94. The lowest BCUT2D eigenvalue weighted by Gasteiger charge is -2.23. The molecule has 1 saturated heterocycles. The van der Waals surface area contributed by atoms with Gasteiger partial charge in [0.2, 0.25) is 11.8 Å². The molecule has 1 unspecified atom stereocenters. The number of likely N-dealkylation sites (N-methyl/N-ethyl adjacent to an activating group) is 1. The highest BCUT2D eigenvalue weighted by Crippen LogP contribution is 2.26. The molecule has 6 heteroatoms. The van der Waals surface area contributed by atoms with Crippen molar-refractivity contribution in [3.63, 3.8) is 0 Å². The number of carbonyl (C=O) groups is 2. The topological polar surface area (TPSA) is 66.7 Å². The standard InChI is InChI=1S/C16H25N3O3/c1-11(16-12(2)17-22-13(16)3)10-15(21)18(4)8-9-19-7-5-6-14(19)20/h11H,5-10H2,1-4H3. The van der Waals surface area contributed by atoms with E-state index in [1.165, 1.54) is 0 Å². The summed E-state index contributed by atoms with van der Waals surface area (Å²) in [6.45, 7) is 7.81. The fourth-order valence-corrected chi connectivity index (χ4v) is 3.05. The number of carbonyl (C=O) groups excluding carboxylic acids is 2. The van der Waals surface area contributed by atoms with E-state index in [9.17, 15) is 9.59 Å². The normalized spacial score (nSPS) is 16.2. The van der Waals surface area contributed by atoms with E-state index in [0.717, 1.165) is 30.0 Å². The van der Waals surface area contributed by atoms with Gasteiger partial charge in [0, 0.05) is 45.1 Å². The molecule has 1 aliphatic rings. The first-order chi connectivity index (χ1) is 10.4. The van der Waals surface area contributed by atoms with Crippen LogP contribution in [0.4, 0.5) is 0 Å². The van der Waals surface area contributed by atoms with Crippen LogP contribution in [-0.4, -0.2) is 53.5 Å². The van der Waals surface area contributed by atoms with Gasteiger partial charge in [0.25, 0.3) is 0 Å². The van der Waals surface area contributed by atoms with E-state index in [2.05, 4.69) is 5.16 Å². The van der Waals surface area contributed by atoms with Gasteiger partial charge in [-0.2, -0.15) is 0 Å². The summed E-state index contributed by atoms with van der Waals surface area (Å²) in [4.78, 5) is 27.4. The van der Waals surface area contributed by atoms with Gasteiger partial charge in [0.05, 0.1) is 5.69 Å². The van der Waals surface area contributed by atoms with Crippen LogP contribution in [0.3, 0.4) is 0 Å². The Balaban J connectivity index is 1.84. The molecule has 1 aliphatic heterocycles. The lowest BCUT2D eigenvalue weighted by Crippen LogP contribution is -2.37. The molecule has 1 aromatic heterocycles. The number of nitrogens with zero attached hydrogens (tertiary/aromatic N) is 3. The average molecular weight is 307 g/mol. The second-order valence-corrected chi connectivity index (χ2v) is 6.14. The van der Waals surface area contributed by atoms with E-state index in [-0.39, 0.29) is 17.7 Å². The molecule has 6 nitrogen and oxygen atoms in total. The molecule has 1 atom stereocenters. The van der Waals surface area contributed by atoms with E-state index in [1.54, 1.807) is 11.9 Å². The molecule has 22 heavy (non-hydrogen) atoms. The first kappa shape index (κ1) is 16.5. The molecule has 2 rings (SSSR count). The lowest BCUT2D eigenvalue weighted by atomic mass is 9.96. The van der Waals surface area contributed by atoms with Crippen LogP contribution in [0.15, 0.2) is 4.52 Å². The van der Waals surface area contributed by atoms with Crippen LogP contribution >= 0.6 is 0 Å². The maximum Gasteiger partial charge on any atom is 0.222 e. The first-order valence-electron chi connectivity index (χ1n) is 7.84. The van der Waals surface area contributed by atoms with Crippen molar-refractivity contribution in [3.05, 3.63) is 17.0 Å². The third-order valence-electron chi connectivity index (χ3n) is 4.36. The Labute approximate surface area is 131 Å². The summed E-state index contributed by atoms with van der Waals surface area (Å²) in [6, 6.07) is 0. The molecule has 0 radical (unpaired) electrons. The van der Waals surface area contributed by atoms with Crippen LogP contribution in [0.25, 0.3) is 0 Å². The largest absolute Gasteiger partial charge is 0.361 e. The highest BCUT2D eigenvalue weighted by molar-refractivity contribution is 5.78. The summed E-state index contributed by atoms with van der Waals surface area (Å²) in [5.74, 6) is 1.14. The molecule has 0 saturated carbocycles. The van der Waals surface area contributed by atoms with Crippen LogP contribution in [0.1, 0.15) is 49.1 Å². The maximum absolute atomic E-state index is 12.3. The minimum Gasteiger partial charge on any atom is -0.361 e. The Hall–Kier alpha value is -1.85. The number of hydrogen-bond donors (Lipinski definition) is 0. The maximum atomic E-state index is 12.3. The van der Waals surface area contributed by atoms with Crippen LogP contribution in [-0.2, 0) is 9.59 Å². The van der Waals surface area contributed by atoms with Crippen molar-refractivity contribution in [2.24, 2.45) is 0 Å². The van der Waals surface area contributed by atoms with Crippen molar-refractivity contribution in [1.29, 1.82) is 0 Å². The van der Waals surface area contributed by atoms with Gasteiger partial charge in [0.1, 0.15) is 5.76 Å². The number of aryl methyl sites for hydroxylation is 2. The van der Waals surface area contributed by atoms with Crippen molar-refractivity contribution in [1.82, 2.24) is 15.0 Å². The van der Waals surface area contributed by atoms with E-state index >= 15 is 0 Å². The van der Waals surface area contributed by atoms with Gasteiger partial charge >= 0.3 is 0 Å². The van der Waals surface area contributed by atoms with Gasteiger partial charge in [-0.25, -0.2) is 0 Å². The van der Waals surface area contributed by atoms with Crippen molar-refractivity contribution in [2.75, 3.05) is 26.7 Å². The highest BCUT2D eigenvalue weighted by atomic mass is 16.5. The molecule has 0 aliphatic carbocycles. The predicted octanol–water partition coefficient (Wildman–Crippen LogP) is 1.87. The Morgan fingerprint density at radius 1 is 1.45 bits per heavy atom.